The molecule has 3 N–H and O–H groups in total. The van der Waals surface area contributed by atoms with Crippen LogP contribution in [-0.4, -0.2) is 4.98 Å². The van der Waals surface area contributed by atoms with Crippen LogP contribution in [0.5, 0.6) is 0 Å². The number of nitrogens with one attached hydrogen (secondary N) is 1. The molecule has 0 saturated carbocycles. The molecular weight excluding hydrogens is 301 g/mol. The van der Waals surface area contributed by atoms with E-state index < -0.39 is 0 Å². The van der Waals surface area contributed by atoms with Crippen molar-refractivity contribution in [2.75, 3.05) is 0 Å². The van der Waals surface area contributed by atoms with Crippen LogP contribution in [-0.2, 0) is 0 Å². The fourth-order valence-electron chi connectivity index (χ4n) is 1.43. The van der Waals surface area contributed by atoms with Crippen molar-refractivity contribution < 1.29 is 0 Å². The van der Waals surface area contributed by atoms with Gasteiger partial charge in [0.15, 0.2) is 0 Å². The van der Waals surface area contributed by atoms with Gasteiger partial charge in [-0.2, -0.15) is 0 Å². The first-order chi connectivity index (χ1) is 8.13. The first-order valence-corrected chi connectivity index (χ1v) is 6.64. The molecule has 0 spiro atoms. The van der Waals surface area contributed by atoms with E-state index in [1.807, 2.05) is 5.38 Å². The fourth-order valence-corrected chi connectivity index (χ4v) is 3.14. The quantitative estimate of drug-likeness (QED) is 0.672. The highest BCUT2D eigenvalue weighted by Crippen LogP contribution is 2.34. The first kappa shape index (κ1) is 13.1. The number of rotatable bonds is 3. The molecule has 0 aliphatic rings. The number of hydrogen-bond acceptors (Lipinski definition) is 4. The number of thiophene rings is 1. The van der Waals surface area contributed by atoms with Crippen LogP contribution < -0.4 is 11.3 Å². The molecule has 2 aromatic heterocycles. The van der Waals surface area contributed by atoms with E-state index in [-0.39, 0.29) is 6.04 Å². The van der Waals surface area contributed by atoms with E-state index in [1.54, 1.807) is 12.1 Å². The van der Waals surface area contributed by atoms with Crippen molar-refractivity contribution in [3.8, 4) is 0 Å². The maximum atomic E-state index is 6.09. The van der Waals surface area contributed by atoms with E-state index >= 15 is 0 Å². The fraction of sp³-hybridized carbons (Fsp3) is 0.100. The summed E-state index contributed by atoms with van der Waals surface area (Å²) in [6, 6.07) is 3.08. The van der Waals surface area contributed by atoms with E-state index in [0.717, 1.165) is 4.88 Å². The third-order valence-electron chi connectivity index (χ3n) is 2.18. The van der Waals surface area contributed by atoms with Crippen molar-refractivity contribution in [1.29, 1.82) is 0 Å². The van der Waals surface area contributed by atoms with Crippen LogP contribution in [0.3, 0.4) is 0 Å². The Morgan fingerprint density at radius 2 is 2.06 bits per heavy atom. The zero-order chi connectivity index (χ0) is 12.4. The van der Waals surface area contributed by atoms with Crippen LogP contribution in [0.2, 0.25) is 15.1 Å². The van der Waals surface area contributed by atoms with Gasteiger partial charge in [0.1, 0.15) is 6.04 Å². The standard InChI is InChI=1S/C10H8Cl3N3S/c11-5-3-7(13)8(15-4-5)9(16-14)10-6(12)1-2-17-10/h1-4,9,16H,14H2. The van der Waals surface area contributed by atoms with Crippen LogP contribution >= 0.6 is 46.1 Å². The molecule has 0 bridgehead atoms. The molecule has 0 aromatic carbocycles. The average molecular weight is 309 g/mol. The molecule has 0 aliphatic carbocycles. The summed E-state index contributed by atoms with van der Waals surface area (Å²) < 4.78 is 0. The predicted octanol–water partition coefficient (Wildman–Crippen LogP) is 3.66. The molecule has 2 heterocycles. The molecule has 90 valence electrons. The Morgan fingerprint density at radius 3 is 2.59 bits per heavy atom. The smallest absolute Gasteiger partial charge is 0.100 e. The molecular formula is C10H8Cl3N3S. The summed E-state index contributed by atoms with van der Waals surface area (Å²) in [6.07, 6.45) is 1.52. The van der Waals surface area contributed by atoms with Crippen molar-refractivity contribution >= 4 is 46.1 Å². The van der Waals surface area contributed by atoms with E-state index in [1.165, 1.54) is 17.5 Å². The Bertz CT molecular complexity index is 529. The maximum Gasteiger partial charge on any atom is 0.100 e. The highest BCUT2D eigenvalue weighted by molar-refractivity contribution is 7.10. The molecule has 1 atom stereocenters. The highest BCUT2D eigenvalue weighted by atomic mass is 35.5. The predicted molar refractivity (Wildman–Crippen MR) is 72.8 cm³/mol. The monoisotopic (exact) mass is 307 g/mol. The molecule has 0 fully saturated rings. The zero-order valence-corrected chi connectivity index (χ0v) is 11.5. The SMILES string of the molecule is NNC(c1ncc(Cl)cc1Cl)c1sccc1Cl. The van der Waals surface area contributed by atoms with Crippen LogP contribution in [0.25, 0.3) is 0 Å². The number of nitrogens with two attached hydrogens (primary N) is 1. The van der Waals surface area contributed by atoms with Gasteiger partial charge >= 0.3 is 0 Å². The largest absolute Gasteiger partial charge is 0.270 e. The summed E-state index contributed by atoms with van der Waals surface area (Å²) in [6.45, 7) is 0. The van der Waals surface area contributed by atoms with Gasteiger partial charge in [-0.3, -0.25) is 10.8 Å². The van der Waals surface area contributed by atoms with Gasteiger partial charge in [0.05, 0.1) is 20.8 Å². The molecule has 2 aromatic rings. The molecule has 0 amide bonds. The van der Waals surface area contributed by atoms with Crippen LogP contribution in [0.4, 0.5) is 0 Å². The molecule has 0 radical (unpaired) electrons. The summed E-state index contributed by atoms with van der Waals surface area (Å²) in [4.78, 5) is 5.05. The lowest BCUT2D eigenvalue weighted by molar-refractivity contribution is 0.630. The van der Waals surface area contributed by atoms with E-state index in [0.29, 0.717) is 20.8 Å². The molecule has 1 unspecified atom stereocenters. The maximum absolute atomic E-state index is 6.09. The van der Waals surface area contributed by atoms with Gasteiger partial charge in [0.2, 0.25) is 0 Å². The number of halogens is 3. The molecule has 0 saturated heterocycles. The Hall–Kier alpha value is -0.360. The Labute approximate surface area is 117 Å². The van der Waals surface area contributed by atoms with Gasteiger partial charge in [-0.1, -0.05) is 34.8 Å². The summed E-state index contributed by atoms with van der Waals surface area (Å²) in [5.74, 6) is 5.54. The molecule has 3 nitrogen and oxygen atoms in total. The van der Waals surface area contributed by atoms with E-state index in [4.69, 9.17) is 40.6 Å². The lowest BCUT2D eigenvalue weighted by Gasteiger charge is -2.15. The third-order valence-corrected chi connectivity index (χ3v) is 4.12. The van der Waals surface area contributed by atoms with Gasteiger partial charge in [-0.15, -0.1) is 11.3 Å². The Kier molecular flexibility index (Phi) is 4.25. The van der Waals surface area contributed by atoms with Gasteiger partial charge in [0.25, 0.3) is 0 Å². The first-order valence-electron chi connectivity index (χ1n) is 4.63. The summed E-state index contributed by atoms with van der Waals surface area (Å²) in [7, 11) is 0. The minimum atomic E-state index is -0.340. The number of pyridine rings is 1. The van der Waals surface area contributed by atoms with Crippen LogP contribution in [0.1, 0.15) is 16.6 Å². The number of aromatic nitrogens is 1. The van der Waals surface area contributed by atoms with Gasteiger partial charge in [-0.05, 0) is 17.5 Å². The average Bonchev–Trinajstić information content (AvgIpc) is 2.69. The topological polar surface area (TPSA) is 50.9 Å². The zero-order valence-electron chi connectivity index (χ0n) is 8.45. The second kappa shape index (κ2) is 5.52. The van der Waals surface area contributed by atoms with Crippen molar-refractivity contribution in [2.24, 2.45) is 5.84 Å². The molecule has 17 heavy (non-hydrogen) atoms. The van der Waals surface area contributed by atoms with E-state index in [2.05, 4.69) is 10.4 Å². The van der Waals surface area contributed by atoms with E-state index in [9.17, 15) is 0 Å². The minimum Gasteiger partial charge on any atom is -0.270 e. The minimum absolute atomic E-state index is 0.340. The van der Waals surface area contributed by atoms with Crippen molar-refractivity contribution in [3.63, 3.8) is 0 Å². The lowest BCUT2D eigenvalue weighted by atomic mass is 10.1. The second-order valence-corrected chi connectivity index (χ2v) is 5.45. The number of hydrazine groups is 1. The third kappa shape index (κ3) is 2.73. The number of nitrogens with zero attached hydrogens (tertiary/aromatic N) is 1. The summed E-state index contributed by atoms with van der Waals surface area (Å²) >= 11 is 19.4. The molecule has 2 rings (SSSR count). The van der Waals surface area contributed by atoms with Crippen LogP contribution in [0.15, 0.2) is 23.7 Å². The molecule has 7 heteroatoms. The lowest BCUT2D eigenvalue weighted by Crippen LogP contribution is -2.29. The van der Waals surface area contributed by atoms with Gasteiger partial charge < -0.3 is 0 Å². The summed E-state index contributed by atoms with van der Waals surface area (Å²) in [5.41, 5.74) is 3.26. The van der Waals surface area contributed by atoms with Gasteiger partial charge in [0, 0.05) is 11.1 Å². The van der Waals surface area contributed by atoms with Crippen LogP contribution in [0, 0.1) is 0 Å². The second-order valence-electron chi connectivity index (χ2n) is 3.25. The normalized spacial score (nSPS) is 12.7. The Morgan fingerprint density at radius 1 is 1.29 bits per heavy atom. The summed E-state index contributed by atoms with van der Waals surface area (Å²) in [5, 5.41) is 3.44. The Balaban J connectivity index is 2.46. The van der Waals surface area contributed by atoms with Crippen molar-refractivity contribution in [2.45, 2.75) is 6.04 Å². The molecule has 0 aliphatic heterocycles. The number of hydrogen-bond donors (Lipinski definition) is 2. The van der Waals surface area contributed by atoms with Crippen molar-refractivity contribution in [1.82, 2.24) is 10.4 Å². The van der Waals surface area contributed by atoms with Crippen molar-refractivity contribution in [3.05, 3.63) is 49.3 Å². The van der Waals surface area contributed by atoms with Gasteiger partial charge in [-0.25, -0.2) is 5.43 Å². The highest BCUT2D eigenvalue weighted by Gasteiger charge is 2.21.